The molecule has 8 heteroatoms. The molecular formula is C32H32BrN3O4. The van der Waals surface area contributed by atoms with E-state index in [1.165, 1.54) is 4.57 Å². The van der Waals surface area contributed by atoms with E-state index < -0.39 is 0 Å². The molecule has 4 aromatic rings. The van der Waals surface area contributed by atoms with E-state index in [-0.39, 0.29) is 36.4 Å². The van der Waals surface area contributed by atoms with Crippen LogP contribution in [0.3, 0.4) is 0 Å². The lowest BCUT2D eigenvalue weighted by molar-refractivity contribution is 0.0706. The summed E-state index contributed by atoms with van der Waals surface area (Å²) < 4.78 is 9.85. The number of benzene rings is 3. The second-order valence-electron chi connectivity index (χ2n) is 10.3. The Morgan fingerprint density at radius 2 is 1.70 bits per heavy atom. The van der Waals surface area contributed by atoms with Crippen LogP contribution in [-0.2, 0) is 19.5 Å². The summed E-state index contributed by atoms with van der Waals surface area (Å²) in [7, 11) is 0. The van der Waals surface area contributed by atoms with Crippen molar-refractivity contribution in [3.05, 3.63) is 116 Å². The van der Waals surface area contributed by atoms with Crippen molar-refractivity contribution in [3.8, 4) is 11.4 Å². The van der Waals surface area contributed by atoms with Gasteiger partial charge in [-0.05, 0) is 80.8 Å². The first kappa shape index (κ1) is 27.6. The third-order valence-corrected chi connectivity index (χ3v) is 7.98. The van der Waals surface area contributed by atoms with E-state index >= 15 is 0 Å². The molecule has 0 aliphatic carbocycles. The lowest BCUT2D eigenvalue weighted by atomic mass is 10.0. The van der Waals surface area contributed by atoms with Gasteiger partial charge in [0.2, 0.25) is 0 Å². The predicted octanol–water partition coefficient (Wildman–Crippen LogP) is 5.97. The number of imidazole rings is 1. The summed E-state index contributed by atoms with van der Waals surface area (Å²) in [6.45, 7) is 6.71. The number of amides is 1. The number of nitrogens with zero attached hydrogens (tertiary/aromatic N) is 3. The van der Waals surface area contributed by atoms with Crippen molar-refractivity contribution >= 4 is 27.6 Å². The van der Waals surface area contributed by atoms with Crippen molar-refractivity contribution in [1.29, 1.82) is 0 Å². The van der Waals surface area contributed by atoms with E-state index in [4.69, 9.17) is 4.74 Å². The fourth-order valence-corrected chi connectivity index (χ4v) is 5.33. The Morgan fingerprint density at radius 3 is 2.38 bits per heavy atom. The van der Waals surface area contributed by atoms with Gasteiger partial charge < -0.3 is 9.64 Å². The molecule has 1 aliphatic rings. The van der Waals surface area contributed by atoms with Crippen molar-refractivity contribution in [3.63, 3.8) is 0 Å². The molecule has 1 aliphatic heterocycles. The molecule has 0 atom stereocenters. The second kappa shape index (κ2) is 11.7. The molecule has 0 spiro atoms. The minimum atomic E-state index is -0.276. The second-order valence-corrected chi connectivity index (χ2v) is 11.2. The summed E-state index contributed by atoms with van der Waals surface area (Å²) in [5.41, 5.74) is 3.81. The number of fused-ring (bicyclic) bond motifs is 1. The monoisotopic (exact) mass is 601 g/mol. The number of ether oxygens (including phenoxy) is 1. The molecule has 0 saturated carbocycles. The average Bonchev–Trinajstić information content (AvgIpc) is 3.25. The van der Waals surface area contributed by atoms with E-state index in [2.05, 4.69) is 15.9 Å². The van der Waals surface area contributed by atoms with Gasteiger partial charge in [0.1, 0.15) is 11.4 Å². The first-order chi connectivity index (χ1) is 19.2. The van der Waals surface area contributed by atoms with Gasteiger partial charge in [-0.15, -0.1) is 0 Å². The van der Waals surface area contributed by atoms with Crippen molar-refractivity contribution < 1.29 is 14.3 Å². The van der Waals surface area contributed by atoms with Gasteiger partial charge in [0, 0.05) is 29.5 Å². The van der Waals surface area contributed by atoms with Crippen LogP contribution in [0.15, 0.2) is 82.1 Å². The molecule has 1 amide bonds. The Hall–Kier alpha value is -3.91. The minimum absolute atomic E-state index is 0.0172. The standard InChI is InChI=1S/C32H32BrN3O4/c1-21(2)40-26-13-11-25(12-14-26)36-30(29(37)16-9-23-7-5-4-6-8-23)28-20-34(17-18-35(28)32(36)39)31(38)24-10-15-27(33)22(3)19-24/h4-8,10-15,19,21H,9,16-18,20H2,1-3H3. The number of hydrogen-bond donors (Lipinski definition) is 0. The number of hydrogen-bond acceptors (Lipinski definition) is 4. The zero-order valence-corrected chi connectivity index (χ0v) is 24.5. The number of rotatable bonds is 8. The first-order valence-corrected chi connectivity index (χ1v) is 14.3. The molecule has 0 bridgehead atoms. The van der Waals surface area contributed by atoms with E-state index in [0.717, 1.165) is 15.6 Å². The van der Waals surface area contributed by atoms with E-state index in [1.54, 1.807) is 27.7 Å². The maximum atomic E-state index is 13.8. The smallest absolute Gasteiger partial charge is 0.333 e. The molecule has 3 aromatic carbocycles. The highest BCUT2D eigenvalue weighted by molar-refractivity contribution is 9.10. The van der Waals surface area contributed by atoms with Gasteiger partial charge in [-0.3, -0.25) is 18.7 Å². The summed E-state index contributed by atoms with van der Waals surface area (Å²) in [5, 5.41) is 0. The minimum Gasteiger partial charge on any atom is -0.491 e. The van der Waals surface area contributed by atoms with Gasteiger partial charge in [-0.2, -0.15) is 0 Å². The molecule has 5 rings (SSSR count). The third kappa shape index (κ3) is 5.68. The average molecular weight is 603 g/mol. The molecule has 0 unspecified atom stereocenters. The number of halogens is 1. The Morgan fingerprint density at radius 1 is 0.975 bits per heavy atom. The largest absolute Gasteiger partial charge is 0.491 e. The molecule has 1 aromatic heterocycles. The van der Waals surface area contributed by atoms with Gasteiger partial charge in [0.05, 0.1) is 24.0 Å². The highest BCUT2D eigenvalue weighted by Crippen LogP contribution is 2.25. The van der Waals surface area contributed by atoms with Crippen LogP contribution in [0.25, 0.3) is 5.69 Å². The third-order valence-electron chi connectivity index (χ3n) is 7.09. The number of Topliss-reactive ketones (excluding diaryl/α,β-unsaturated/α-hetero) is 1. The van der Waals surface area contributed by atoms with Gasteiger partial charge in [0.15, 0.2) is 5.78 Å². The van der Waals surface area contributed by atoms with Crippen LogP contribution in [0.4, 0.5) is 0 Å². The molecule has 7 nitrogen and oxygen atoms in total. The molecule has 0 radical (unpaired) electrons. The van der Waals surface area contributed by atoms with Gasteiger partial charge in [-0.25, -0.2) is 4.79 Å². The summed E-state index contributed by atoms with van der Waals surface area (Å²) in [4.78, 5) is 42.8. The van der Waals surface area contributed by atoms with E-state index in [9.17, 15) is 14.4 Å². The molecular weight excluding hydrogens is 570 g/mol. The zero-order valence-electron chi connectivity index (χ0n) is 22.9. The quantitative estimate of drug-likeness (QED) is 0.233. The number of carbonyl (C=O) groups excluding carboxylic acids is 2. The summed E-state index contributed by atoms with van der Waals surface area (Å²) in [5.74, 6) is 0.431. The Balaban J connectivity index is 1.53. The lowest BCUT2D eigenvalue weighted by Gasteiger charge is -2.28. The van der Waals surface area contributed by atoms with Crippen LogP contribution < -0.4 is 10.4 Å². The lowest BCUT2D eigenvalue weighted by Crippen LogP contribution is -2.41. The van der Waals surface area contributed by atoms with Gasteiger partial charge >= 0.3 is 5.69 Å². The fourth-order valence-electron chi connectivity index (χ4n) is 5.09. The fraction of sp³-hybridized carbons (Fsp3) is 0.281. The molecule has 0 fully saturated rings. The summed E-state index contributed by atoms with van der Waals surface area (Å²) in [6, 6.07) is 22.5. The van der Waals surface area contributed by atoms with Crippen molar-refractivity contribution in [2.24, 2.45) is 0 Å². The van der Waals surface area contributed by atoms with Crippen LogP contribution in [0.5, 0.6) is 5.75 Å². The zero-order chi connectivity index (χ0) is 28.4. The van der Waals surface area contributed by atoms with Crippen molar-refractivity contribution in [2.75, 3.05) is 6.54 Å². The molecule has 2 heterocycles. The summed E-state index contributed by atoms with van der Waals surface area (Å²) in [6.07, 6.45) is 0.818. The molecule has 0 N–H and O–H groups in total. The topological polar surface area (TPSA) is 73.5 Å². The van der Waals surface area contributed by atoms with Crippen molar-refractivity contribution in [1.82, 2.24) is 14.0 Å². The number of carbonyl (C=O) groups is 2. The van der Waals surface area contributed by atoms with Crippen LogP contribution in [0.2, 0.25) is 0 Å². The number of aryl methyl sites for hydroxylation is 2. The number of aromatic nitrogens is 2. The Labute approximate surface area is 242 Å². The molecule has 0 saturated heterocycles. The van der Waals surface area contributed by atoms with Crippen LogP contribution in [-0.4, -0.2) is 38.4 Å². The van der Waals surface area contributed by atoms with Crippen LogP contribution in [0, 0.1) is 6.92 Å². The summed E-state index contributed by atoms with van der Waals surface area (Å²) >= 11 is 3.49. The maximum Gasteiger partial charge on any atom is 0.333 e. The first-order valence-electron chi connectivity index (χ1n) is 13.5. The van der Waals surface area contributed by atoms with Crippen LogP contribution >= 0.6 is 15.9 Å². The Kier molecular flexibility index (Phi) is 8.07. The molecule has 40 heavy (non-hydrogen) atoms. The highest BCUT2D eigenvalue weighted by atomic mass is 79.9. The van der Waals surface area contributed by atoms with Crippen LogP contribution in [0.1, 0.15) is 57.9 Å². The number of ketones is 1. The molecule has 206 valence electrons. The maximum absolute atomic E-state index is 13.8. The SMILES string of the molecule is Cc1cc(C(=O)N2CCn3c(c(C(=O)CCc4ccccc4)n(-c4ccc(OC(C)C)cc4)c3=O)C2)ccc1Br. The Bertz CT molecular complexity index is 1600. The van der Waals surface area contributed by atoms with Gasteiger partial charge in [-0.1, -0.05) is 46.3 Å². The van der Waals surface area contributed by atoms with Gasteiger partial charge in [0.25, 0.3) is 5.91 Å². The van der Waals surface area contributed by atoms with E-state index in [1.807, 2.05) is 75.4 Å². The normalized spacial score (nSPS) is 12.9. The van der Waals surface area contributed by atoms with Crippen molar-refractivity contribution in [2.45, 2.75) is 52.8 Å². The van der Waals surface area contributed by atoms with E-state index in [0.29, 0.717) is 47.9 Å². The highest BCUT2D eigenvalue weighted by Gasteiger charge is 2.32. The predicted molar refractivity (Wildman–Crippen MR) is 159 cm³/mol.